The van der Waals surface area contributed by atoms with Crippen molar-refractivity contribution in [2.75, 3.05) is 5.75 Å². The summed E-state index contributed by atoms with van der Waals surface area (Å²) >= 11 is 1.37. The molecular weight excluding hydrogens is 410 g/mol. The van der Waals surface area contributed by atoms with Gasteiger partial charge in [0, 0.05) is 35.1 Å². The molecule has 0 amide bonds. The van der Waals surface area contributed by atoms with E-state index in [2.05, 4.69) is 0 Å². The second-order valence-corrected chi connectivity index (χ2v) is 7.94. The number of hydrogen-bond acceptors (Lipinski definition) is 5. The van der Waals surface area contributed by atoms with E-state index < -0.39 is 4.92 Å². The first kappa shape index (κ1) is 20.6. The summed E-state index contributed by atoms with van der Waals surface area (Å²) in [6.45, 7) is 1.99. The number of non-ortho nitro benzene ring substituents is 1. The summed E-state index contributed by atoms with van der Waals surface area (Å²) in [6.07, 6.45) is 1.88. The summed E-state index contributed by atoms with van der Waals surface area (Å²) in [7, 11) is 0. The van der Waals surface area contributed by atoms with Gasteiger partial charge in [0.05, 0.1) is 16.4 Å². The molecule has 0 saturated carbocycles. The van der Waals surface area contributed by atoms with Gasteiger partial charge in [-0.1, -0.05) is 59.8 Å². The fourth-order valence-electron chi connectivity index (χ4n) is 3.08. The van der Waals surface area contributed by atoms with Crippen molar-refractivity contribution in [3.8, 4) is 16.9 Å². The minimum Gasteiger partial charge on any atom is -0.294 e. The van der Waals surface area contributed by atoms with Crippen molar-refractivity contribution in [3.05, 3.63) is 106 Å². The largest absolute Gasteiger partial charge is 0.294 e. The van der Waals surface area contributed by atoms with Crippen molar-refractivity contribution in [2.45, 2.75) is 12.1 Å². The quantitative estimate of drug-likeness (QED) is 0.162. The number of ketones is 1. The molecular formula is C24H19N3O3S. The fourth-order valence-corrected chi connectivity index (χ4v) is 3.97. The second-order valence-electron chi connectivity index (χ2n) is 7.00. The number of nitrogens with zero attached hydrogens (tertiary/aromatic N) is 3. The highest BCUT2D eigenvalue weighted by Gasteiger charge is 2.15. The summed E-state index contributed by atoms with van der Waals surface area (Å²) in [5, 5.41) is 11.6. The van der Waals surface area contributed by atoms with Crippen LogP contribution in [0.1, 0.15) is 15.9 Å². The average molecular weight is 430 g/mol. The lowest BCUT2D eigenvalue weighted by molar-refractivity contribution is -0.384. The zero-order valence-electron chi connectivity index (χ0n) is 16.8. The number of nitro groups is 1. The van der Waals surface area contributed by atoms with Gasteiger partial charge < -0.3 is 0 Å². The molecule has 0 N–H and O–H groups in total. The summed E-state index contributed by atoms with van der Waals surface area (Å²) in [5.74, 6) is 0.288. The molecule has 154 valence electrons. The van der Waals surface area contributed by atoms with Crippen LogP contribution in [0.2, 0.25) is 0 Å². The molecule has 0 bridgehead atoms. The molecule has 7 heteroatoms. The number of nitro benzene ring substituents is 1. The Hall–Kier alpha value is -3.71. The zero-order chi connectivity index (χ0) is 21.8. The number of thioether (sulfide) groups is 1. The molecule has 0 radical (unpaired) electrons. The maximum Gasteiger partial charge on any atom is 0.269 e. The minimum absolute atomic E-state index is 0.0319. The molecule has 0 atom stereocenters. The summed E-state index contributed by atoms with van der Waals surface area (Å²) < 4.78 is 1.93. The Bertz CT molecular complexity index is 1220. The molecule has 0 aliphatic carbocycles. The van der Waals surface area contributed by atoms with E-state index in [9.17, 15) is 14.9 Å². The first-order chi connectivity index (χ1) is 15.0. The standard InChI is InChI=1S/C24H19N3O3S/c1-17-7-9-19(10-8-17)23(28)16-31-24-25-22(15-26(24)20-5-3-2-4-6-20)18-11-13-21(14-12-18)27(29)30/h2-15H,16H2,1H3. The number of aryl methyl sites for hydroxylation is 1. The molecule has 0 unspecified atom stereocenters. The molecule has 1 aromatic heterocycles. The number of carbonyl (C=O) groups is 1. The van der Waals surface area contributed by atoms with E-state index in [1.807, 2.05) is 72.3 Å². The van der Waals surface area contributed by atoms with Crippen LogP contribution in [0.25, 0.3) is 16.9 Å². The van der Waals surface area contributed by atoms with Crippen LogP contribution in [0.15, 0.2) is 90.2 Å². The second kappa shape index (κ2) is 8.97. The van der Waals surface area contributed by atoms with Gasteiger partial charge in [0.25, 0.3) is 5.69 Å². The molecule has 1 heterocycles. The predicted molar refractivity (Wildman–Crippen MR) is 122 cm³/mol. The number of hydrogen-bond donors (Lipinski definition) is 0. The van der Waals surface area contributed by atoms with E-state index in [1.54, 1.807) is 12.1 Å². The lowest BCUT2D eigenvalue weighted by Gasteiger charge is -2.07. The van der Waals surface area contributed by atoms with Crippen LogP contribution in [-0.2, 0) is 0 Å². The van der Waals surface area contributed by atoms with E-state index in [0.29, 0.717) is 16.4 Å². The number of Topliss-reactive ketones (excluding diaryl/α,β-unsaturated/α-hetero) is 1. The molecule has 31 heavy (non-hydrogen) atoms. The molecule has 0 spiro atoms. The molecule has 0 aliphatic rings. The summed E-state index contributed by atoms with van der Waals surface area (Å²) in [4.78, 5) is 27.8. The van der Waals surface area contributed by atoms with Crippen LogP contribution in [0.3, 0.4) is 0 Å². The van der Waals surface area contributed by atoms with Gasteiger partial charge in [-0.15, -0.1) is 0 Å². The van der Waals surface area contributed by atoms with Gasteiger partial charge in [-0.3, -0.25) is 19.5 Å². The number of benzene rings is 3. The highest BCUT2D eigenvalue weighted by Crippen LogP contribution is 2.29. The Morgan fingerprint density at radius 3 is 2.32 bits per heavy atom. The van der Waals surface area contributed by atoms with Crippen molar-refractivity contribution in [2.24, 2.45) is 0 Å². The van der Waals surface area contributed by atoms with Crippen LogP contribution in [0.5, 0.6) is 0 Å². The summed E-state index contributed by atoms with van der Waals surface area (Å²) in [6, 6.07) is 23.6. The van der Waals surface area contributed by atoms with E-state index in [0.717, 1.165) is 16.8 Å². The Morgan fingerprint density at radius 1 is 1.00 bits per heavy atom. The van der Waals surface area contributed by atoms with Gasteiger partial charge in [0.2, 0.25) is 0 Å². The third-order valence-corrected chi connectivity index (χ3v) is 5.74. The third-order valence-electron chi connectivity index (χ3n) is 4.79. The topological polar surface area (TPSA) is 78.0 Å². The van der Waals surface area contributed by atoms with Gasteiger partial charge in [-0.2, -0.15) is 0 Å². The highest BCUT2D eigenvalue weighted by atomic mass is 32.2. The van der Waals surface area contributed by atoms with Crippen LogP contribution in [-0.4, -0.2) is 26.0 Å². The van der Waals surface area contributed by atoms with Crippen molar-refractivity contribution >= 4 is 23.2 Å². The monoisotopic (exact) mass is 429 g/mol. The molecule has 0 aliphatic heterocycles. The lowest BCUT2D eigenvalue weighted by atomic mass is 10.1. The smallest absolute Gasteiger partial charge is 0.269 e. The zero-order valence-corrected chi connectivity index (χ0v) is 17.6. The van der Waals surface area contributed by atoms with Crippen LogP contribution < -0.4 is 0 Å². The molecule has 6 nitrogen and oxygen atoms in total. The Kier molecular flexibility index (Phi) is 5.95. The third kappa shape index (κ3) is 4.73. The SMILES string of the molecule is Cc1ccc(C(=O)CSc2nc(-c3ccc([N+](=O)[O-])cc3)cn2-c2ccccc2)cc1. The predicted octanol–water partition coefficient (Wildman–Crippen LogP) is 5.73. The number of rotatable bonds is 7. The molecule has 0 saturated heterocycles. The Labute approximate surface area is 183 Å². The van der Waals surface area contributed by atoms with Crippen molar-refractivity contribution in [1.82, 2.24) is 9.55 Å². The van der Waals surface area contributed by atoms with E-state index in [1.165, 1.54) is 23.9 Å². The van der Waals surface area contributed by atoms with Gasteiger partial charge in [-0.05, 0) is 31.2 Å². The van der Waals surface area contributed by atoms with Gasteiger partial charge in [-0.25, -0.2) is 4.98 Å². The molecule has 0 fully saturated rings. The van der Waals surface area contributed by atoms with E-state index in [-0.39, 0.29) is 17.2 Å². The Morgan fingerprint density at radius 2 is 1.68 bits per heavy atom. The first-order valence-electron chi connectivity index (χ1n) is 9.63. The number of para-hydroxylation sites is 1. The van der Waals surface area contributed by atoms with Crippen LogP contribution >= 0.6 is 11.8 Å². The lowest BCUT2D eigenvalue weighted by Crippen LogP contribution is -2.04. The Balaban J connectivity index is 1.63. The first-order valence-corrected chi connectivity index (χ1v) is 10.6. The van der Waals surface area contributed by atoms with Crippen molar-refractivity contribution in [3.63, 3.8) is 0 Å². The van der Waals surface area contributed by atoms with Crippen molar-refractivity contribution in [1.29, 1.82) is 0 Å². The number of carbonyl (C=O) groups excluding carboxylic acids is 1. The van der Waals surface area contributed by atoms with E-state index in [4.69, 9.17) is 4.98 Å². The minimum atomic E-state index is -0.426. The summed E-state index contributed by atoms with van der Waals surface area (Å²) in [5.41, 5.74) is 4.19. The molecule has 4 aromatic rings. The average Bonchev–Trinajstić information content (AvgIpc) is 3.23. The number of aromatic nitrogens is 2. The van der Waals surface area contributed by atoms with Crippen LogP contribution in [0.4, 0.5) is 5.69 Å². The van der Waals surface area contributed by atoms with Gasteiger partial charge in [0.15, 0.2) is 10.9 Å². The normalized spacial score (nSPS) is 10.7. The fraction of sp³-hybridized carbons (Fsp3) is 0.0833. The molecule has 4 rings (SSSR count). The van der Waals surface area contributed by atoms with E-state index >= 15 is 0 Å². The van der Waals surface area contributed by atoms with Crippen molar-refractivity contribution < 1.29 is 9.72 Å². The maximum atomic E-state index is 12.6. The maximum absolute atomic E-state index is 12.6. The highest BCUT2D eigenvalue weighted by molar-refractivity contribution is 7.99. The molecule has 3 aromatic carbocycles. The van der Waals surface area contributed by atoms with Crippen LogP contribution in [0, 0.1) is 17.0 Å². The van der Waals surface area contributed by atoms with Gasteiger partial charge >= 0.3 is 0 Å². The van der Waals surface area contributed by atoms with Gasteiger partial charge in [0.1, 0.15) is 0 Å². The number of imidazole rings is 1.